The average molecular weight is 397 g/mol. The van der Waals surface area contributed by atoms with Crippen LogP contribution in [0.2, 0.25) is 5.02 Å². The first-order chi connectivity index (χ1) is 13.5. The second-order valence-electron chi connectivity index (χ2n) is 6.31. The number of halogens is 1. The van der Waals surface area contributed by atoms with E-state index in [0.29, 0.717) is 34.6 Å². The third-order valence-corrected chi connectivity index (χ3v) is 4.52. The second-order valence-corrected chi connectivity index (χ2v) is 6.72. The van der Waals surface area contributed by atoms with Crippen molar-refractivity contribution in [2.24, 2.45) is 0 Å². The minimum Gasteiger partial charge on any atom is -0.495 e. The number of ether oxygens (including phenoxy) is 1. The molecule has 1 amide bonds. The van der Waals surface area contributed by atoms with Crippen molar-refractivity contribution in [2.45, 2.75) is 20.4 Å². The quantitative estimate of drug-likeness (QED) is 0.635. The first kappa shape index (κ1) is 19.6. The summed E-state index contributed by atoms with van der Waals surface area (Å²) in [6, 6.07) is 15.0. The molecule has 0 fully saturated rings. The molecule has 0 spiro atoms. The van der Waals surface area contributed by atoms with E-state index in [9.17, 15) is 4.79 Å². The molecule has 144 valence electrons. The van der Waals surface area contributed by atoms with Gasteiger partial charge in [-0.2, -0.15) is 0 Å². The summed E-state index contributed by atoms with van der Waals surface area (Å²) in [5, 5.41) is 6.56. The minimum absolute atomic E-state index is 0.262. The van der Waals surface area contributed by atoms with Gasteiger partial charge in [0, 0.05) is 23.3 Å². The maximum absolute atomic E-state index is 12.7. The summed E-state index contributed by atoms with van der Waals surface area (Å²) in [4.78, 5) is 21.4. The number of rotatable bonds is 6. The van der Waals surface area contributed by atoms with Crippen LogP contribution in [-0.4, -0.2) is 23.0 Å². The van der Waals surface area contributed by atoms with Gasteiger partial charge in [0.1, 0.15) is 11.4 Å². The normalized spacial score (nSPS) is 10.4. The molecule has 28 heavy (non-hydrogen) atoms. The van der Waals surface area contributed by atoms with Crippen LogP contribution in [0.5, 0.6) is 5.75 Å². The number of carbonyl (C=O) groups excluding carboxylic acids is 1. The summed E-state index contributed by atoms with van der Waals surface area (Å²) in [5.74, 6) is 0.527. The molecule has 2 N–H and O–H groups in total. The molecule has 0 aliphatic rings. The van der Waals surface area contributed by atoms with Crippen LogP contribution in [0.15, 0.2) is 48.5 Å². The molecule has 0 saturated heterocycles. The Bertz CT molecular complexity index is 993. The number of hydrogen-bond acceptors (Lipinski definition) is 5. The van der Waals surface area contributed by atoms with E-state index in [2.05, 4.69) is 20.6 Å². The number of nitrogens with zero attached hydrogens (tertiary/aromatic N) is 2. The number of benzene rings is 2. The first-order valence-corrected chi connectivity index (χ1v) is 9.13. The monoisotopic (exact) mass is 396 g/mol. The number of carbonyl (C=O) groups is 1. The largest absolute Gasteiger partial charge is 0.495 e. The molecule has 1 heterocycles. The second kappa shape index (κ2) is 8.71. The topological polar surface area (TPSA) is 76.1 Å². The van der Waals surface area contributed by atoms with E-state index >= 15 is 0 Å². The number of amides is 1. The Balaban J connectivity index is 1.79. The van der Waals surface area contributed by atoms with Crippen molar-refractivity contribution in [2.75, 3.05) is 17.7 Å². The van der Waals surface area contributed by atoms with E-state index in [-0.39, 0.29) is 11.6 Å². The molecule has 3 aromatic rings. The Hall–Kier alpha value is -3.12. The van der Waals surface area contributed by atoms with Crippen molar-refractivity contribution in [1.29, 1.82) is 0 Å². The van der Waals surface area contributed by atoms with Crippen molar-refractivity contribution in [3.63, 3.8) is 0 Å². The zero-order chi connectivity index (χ0) is 20.1. The Labute approximate surface area is 168 Å². The Morgan fingerprint density at radius 2 is 1.86 bits per heavy atom. The van der Waals surface area contributed by atoms with Gasteiger partial charge in [0.25, 0.3) is 5.91 Å². The van der Waals surface area contributed by atoms with Gasteiger partial charge in [0.2, 0.25) is 5.95 Å². The highest BCUT2D eigenvalue weighted by molar-refractivity contribution is 6.31. The summed E-state index contributed by atoms with van der Waals surface area (Å²) in [6.07, 6.45) is 0. The van der Waals surface area contributed by atoms with Gasteiger partial charge >= 0.3 is 0 Å². The minimum atomic E-state index is -0.353. The molecule has 0 radical (unpaired) electrons. The molecule has 0 unspecified atom stereocenters. The number of methoxy groups -OCH3 is 1. The predicted octanol–water partition coefficient (Wildman–Crippen LogP) is 4.62. The van der Waals surface area contributed by atoms with E-state index in [1.165, 1.54) is 7.11 Å². The molecule has 0 aliphatic heterocycles. The lowest BCUT2D eigenvalue weighted by Gasteiger charge is -2.13. The third-order valence-electron chi connectivity index (χ3n) is 4.11. The molecule has 0 bridgehead atoms. The van der Waals surface area contributed by atoms with Gasteiger partial charge in [0.15, 0.2) is 0 Å². The van der Waals surface area contributed by atoms with Crippen LogP contribution < -0.4 is 15.4 Å². The van der Waals surface area contributed by atoms with Gasteiger partial charge in [-0.15, -0.1) is 0 Å². The van der Waals surface area contributed by atoms with Crippen LogP contribution in [0, 0.1) is 13.8 Å². The molecule has 0 saturated carbocycles. The number of anilines is 2. The van der Waals surface area contributed by atoms with E-state index in [1.54, 1.807) is 18.2 Å². The van der Waals surface area contributed by atoms with E-state index in [4.69, 9.17) is 16.3 Å². The molecule has 1 aromatic heterocycles. The number of aromatic nitrogens is 2. The standard InChI is InChI=1S/C21H21ClN4O2/c1-13-9-17(19(28-3)11-16(13)22)25-20(27)18-10-14(2)24-21(26-18)23-12-15-7-5-4-6-8-15/h4-11H,12H2,1-3H3,(H,25,27)(H,23,24,26). The van der Waals surface area contributed by atoms with Crippen molar-refractivity contribution in [1.82, 2.24) is 9.97 Å². The Morgan fingerprint density at radius 3 is 2.57 bits per heavy atom. The molecule has 7 heteroatoms. The van der Waals surface area contributed by atoms with Crippen molar-refractivity contribution in [3.8, 4) is 5.75 Å². The fraction of sp³-hybridized carbons (Fsp3) is 0.190. The van der Waals surface area contributed by atoms with Gasteiger partial charge in [-0.3, -0.25) is 4.79 Å². The van der Waals surface area contributed by atoms with E-state index in [1.807, 2.05) is 44.2 Å². The van der Waals surface area contributed by atoms with Crippen molar-refractivity contribution in [3.05, 3.63) is 76.1 Å². The van der Waals surface area contributed by atoms with E-state index < -0.39 is 0 Å². The van der Waals surface area contributed by atoms with Gasteiger partial charge in [-0.1, -0.05) is 41.9 Å². The first-order valence-electron chi connectivity index (χ1n) is 8.75. The lowest BCUT2D eigenvalue weighted by molar-refractivity contribution is 0.102. The van der Waals surface area contributed by atoms with Crippen LogP contribution in [0.1, 0.15) is 27.3 Å². The van der Waals surface area contributed by atoms with Gasteiger partial charge in [-0.25, -0.2) is 9.97 Å². The zero-order valence-corrected chi connectivity index (χ0v) is 16.7. The van der Waals surface area contributed by atoms with Crippen LogP contribution in [-0.2, 0) is 6.54 Å². The van der Waals surface area contributed by atoms with Crippen molar-refractivity contribution >= 4 is 29.1 Å². The molecule has 6 nitrogen and oxygen atoms in total. The maximum Gasteiger partial charge on any atom is 0.274 e. The third kappa shape index (κ3) is 4.78. The summed E-state index contributed by atoms with van der Waals surface area (Å²) in [6.45, 7) is 4.24. The van der Waals surface area contributed by atoms with Crippen LogP contribution >= 0.6 is 11.6 Å². The summed E-state index contributed by atoms with van der Waals surface area (Å²) in [5.41, 5.74) is 3.42. The molecule has 3 rings (SSSR count). The molecular weight excluding hydrogens is 376 g/mol. The van der Waals surface area contributed by atoms with Gasteiger partial charge in [0.05, 0.1) is 12.8 Å². The van der Waals surface area contributed by atoms with Crippen LogP contribution in [0.25, 0.3) is 0 Å². The molecular formula is C21H21ClN4O2. The lowest BCUT2D eigenvalue weighted by atomic mass is 10.2. The summed E-state index contributed by atoms with van der Waals surface area (Å²) in [7, 11) is 1.52. The van der Waals surface area contributed by atoms with Gasteiger partial charge < -0.3 is 15.4 Å². The fourth-order valence-corrected chi connectivity index (χ4v) is 2.81. The molecule has 0 aliphatic carbocycles. The average Bonchev–Trinajstić information content (AvgIpc) is 2.69. The Morgan fingerprint density at radius 1 is 1.11 bits per heavy atom. The molecule has 0 atom stereocenters. The van der Waals surface area contributed by atoms with Crippen LogP contribution in [0.3, 0.4) is 0 Å². The maximum atomic E-state index is 12.7. The fourth-order valence-electron chi connectivity index (χ4n) is 2.66. The smallest absolute Gasteiger partial charge is 0.274 e. The highest BCUT2D eigenvalue weighted by atomic mass is 35.5. The number of hydrogen-bond donors (Lipinski definition) is 2. The van der Waals surface area contributed by atoms with Crippen LogP contribution in [0.4, 0.5) is 11.6 Å². The van der Waals surface area contributed by atoms with E-state index in [0.717, 1.165) is 11.1 Å². The predicted molar refractivity (Wildman–Crippen MR) is 111 cm³/mol. The summed E-state index contributed by atoms with van der Waals surface area (Å²) >= 11 is 6.12. The van der Waals surface area contributed by atoms with Crippen molar-refractivity contribution < 1.29 is 9.53 Å². The highest BCUT2D eigenvalue weighted by Crippen LogP contribution is 2.31. The molecule has 2 aromatic carbocycles. The lowest BCUT2D eigenvalue weighted by Crippen LogP contribution is -2.16. The zero-order valence-electron chi connectivity index (χ0n) is 15.9. The Kier molecular flexibility index (Phi) is 6.11. The highest BCUT2D eigenvalue weighted by Gasteiger charge is 2.15. The SMILES string of the molecule is COc1cc(Cl)c(C)cc1NC(=O)c1cc(C)nc(NCc2ccccc2)n1. The summed E-state index contributed by atoms with van der Waals surface area (Å²) < 4.78 is 5.31. The number of aryl methyl sites for hydroxylation is 2. The van der Waals surface area contributed by atoms with Gasteiger partial charge in [-0.05, 0) is 37.1 Å². The number of nitrogens with one attached hydrogen (secondary N) is 2.